The molecule has 2 aliphatic heterocycles. The van der Waals surface area contributed by atoms with Gasteiger partial charge in [0, 0.05) is 19.7 Å². The first-order valence-electron chi connectivity index (χ1n) is 12.0. The van der Waals surface area contributed by atoms with E-state index in [1.54, 1.807) is 31.9 Å². The van der Waals surface area contributed by atoms with E-state index in [-0.39, 0.29) is 16.7 Å². The largest absolute Gasteiger partial charge is 0.417 e. The molecular formula is C25H33F3N4O2S. The number of ether oxygens (including phenoxy) is 1. The van der Waals surface area contributed by atoms with Crippen LogP contribution in [-0.2, 0) is 15.7 Å². The van der Waals surface area contributed by atoms with Crippen molar-refractivity contribution >= 4 is 28.9 Å². The number of benzene rings is 1. The Morgan fingerprint density at radius 2 is 1.89 bits per heavy atom. The van der Waals surface area contributed by atoms with Gasteiger partial charge in [0.25, 0.3) is 5.91 Å². The first-order valence-corrected chi connectivity index (χ1v) is 12.4. The SMILES string of the molecule is COC[C@@H]1CCCN1CCCCCCN1C(=S)N(c2ccc(C#N)c(C(F)(F)F)c2)C(=O)C1(C)C. The number of anilines is 1. The van der Waals surface area contributed by atoms with Crippen molar-refractivity contribution in [3.63, 3.8) is 0 Å². The number of likely N-dealkylation sites (tertiary alicyclic amines) is 1. The fourth-order valence-corrected chi connectivity index (χ4v) is 5.46. The van der Waals surface area contributed by atoms with Crippen LogP contribution in [0.3, 0.4) is 0 Å². The van der Waals surface area contributed by atoms with E-state index in [9.17, 15) is 18.0 Å². The van der Waals surface area contributed by atoms with E-state index in [0.29, 0.717) is 12.6 Å². The third kappa shape index (κ3) is 5.96. The number of methoxy groups -OCH3 is 1. The van der Waals surface area contributed by atoms with Crippen LogP contribution in [0.1, 0.15) is 63.5 Å². The number of carbonyl (C=O) groups excluding carboxylic acids is 1. The first kappa shape index (κ1) is 27.4. The molecule has 192 valence electrons. The summed E-state index contributed by atoms with van der Waals surface area (Å²) in [7, 11) is 1.74. The third-order valence-corrected chi connectivity index (χ3v) is 7.35. The van der Waals surface area contributed by atoms with Crippen LogP contribution < -0.4 is 4.90 Å². The molecule has 0 spiro atoms. The number of thiocarbonyl (C=S) groups is 1. The number of amides is 1. The van der Waals surface area contributed by atoms with Crippen molar-refractivity contribution in [2.45, 2.75) is 70.1 Å². The predicted octanol–water partition coefficient (Wildman–Crippen LogP) is 4.96. The summed E-state index contributed by atoms with van der Waals surface area (Å²) in [6.45, 7) is 6.96. The summed E-state index contributed by atoms with van der Waals surface area (Å²) in [5, 5.41) is 9.24. The lowest BCUT2D eigenvalue weighted by molar-refractivity contribution is -0.137. The number of unbranched alkanes of at least 4 members (excludes halogenated alkanes) is 3. The lowest BCUT2D eigenvalue weighted by Gasteiger charge is -2.29. The highest BCUT2D eigenvalue weighted by atomic mass is 32.1. The fraction of sp³-hybridized carbons (Fsp3) is 0.640. The van der Waals surface area contributed by atoms with E-state index in [1.807, 2.05) is 0 Å². The van der Waals surface area contributed by atoms with E-state index in [4.69, 9.17) is 22.2 Å². The Labute approximate surface area is 210 Å². The van der Waals surface area contributed by atoms with Gasteiger partial charge in [-0.25, -0.2) is 0 Å². The van der Waals surface area contributed by atoms with Crippen LogP contribution in [0.15, 0.2) is 18.2 Å². The molecule has 0 aliphatic carbocycles. The van der Waals surface area contributed by atoms with Gasteiger partial charge in [0.15, 0.2) is 5.11 Å². The van der Waals surface area contributed by atoms with E-state index < -0.39 is 22.8 Å². The van der Waals surface area contributed by atoms with E-state index in [2.05, 4.69) is 4.90 Å². The molecule has 0 unspecified atom stereocenters. The fourth-order valence-electron chi connectivity index (χ4n) is 4.95. The maximum atomic E-state index is 13.4. The lowest BCUT2D eigenvalue weighted by atomic mass is 10.0. The normalized spacial score (nSPS) is 20.7. The number of alkyl halides is 3. The first-order chi connectivity index (χ1) is 16.5. The van der Waals surface area contributed by atoms with Crippen molar-refractivity contribution in [3.05, 3.63) is 29.3 Å². The quantitative estimate of drug-likeness (QED) is 0.328. The van der Waals surface area contributed by atoms with Crippen molar-refractivity contribution < 1.29 is 22.7 Å². The predicted molar refractivity (Wildman–Crippen MR) is 132 cm³/mol. The molecule has 1 amide bonds. The molecule has 1 atom stereocenters. The standard InChI is InChI=1S/C25H33F3N4O2S/c1-24(2)22(33)32(19-11-10-18(16-29)21(15-19)25(26,27)28)23(35)31(24)14-7-5-4-6-12-30-13-8-9-20(30)17-34-3/h10-11,15,20H,4-9,12-14,17H2,1-3H3/t20-/m0/s1. The van der Waals surface area contributed by atoms with Crippen LogP contribution >= 0.6 is 12.2 Å². The molecule has 3 rings (SSSR count). The summed E-state index contributed by atoms with van der Waals surface area (Å²) in [5.74, 6) is -0.376. The lowest BCUT2D eigenvalue weighted by Crippen LogP contribution is -2.44. The molecule has 2 fully saturated rings. The van der Waals surface area contributed by atoms with Gasteiger partial charge < -0.3 is 9.64 Å². The summed E-state index contributed by atoms with van der Waals surface area (Å²) in [6.07, 6.45) is 1.63. The zero-order chi connectivity index (χ0) is 25.8. The molecule has 0 N–H and O–H groups in total. The summed E-state index contributed by atoms with van der Waals surface area (Å²) in [4.78, 5) is 18.6. The third-order valence-electron chi connectivity index (χ3n) is 6.95. The number of halogens is 3. The minimum absolute atomic E-state index is 0.0260. The second-order valence-corrected chi connectivity index (χ2v) is 10.0. The summed E-state index contributed by atoms with van der Waals surface area (Å²) in [6, 6.07) is 5.33. The number of nitrogens with zero attached hydrogens (tertiary/aromatic N) is 4. The minimum atomic E-state index is -4.71. The van der Waals surface area contributed by atoms with Gasteiger partial charge in [0.05, 0.1) is 29.5 Å². The molecule has 1 aromatic rings. The average Bonchev–Trinajstić information content (AvgIpc) is 3.30. The molecule has 10 heteroatoms. The smallest absolute Gasteiger partial charge is 0.383 e. The van der Waals surface area contributed by atoms with Gasteiger partial charge in [0.1, 0.15) is 5.54 Å². The summed E-state index contributed by atoms with van der Waals surface area (Å²) < 4.78 is 45.6. The maximum absolute atomic E-state index is 13.4. The zero-order valence-electron chi connectivity index (χ0n) is 20.5. The number of hydrogen-bond acceptors (Lipinski definition) is 5. The van der Waals surface area contributed by atoms with Crippen LogP contribution in [-0.4, -0.2) is 65.8 Å². The molecule has 6 nitrogen and oxygen atoms in total. The Kier molecular flexibility index (Phi) is 8.78. The number of rotatable bonds is 10. The van der Waals surface area contributed by atoms with E-state index in [1.165, 1.54) is 18.9 Å². The van der Waals surface area contributed by atoms with Gasteiger partial charge >= 0.3 is 6.18 Å². The highest BCUT2D eigenvalue weighted by Gasteiger charge is 2.49. The Hall–Kier alpha value is -2.22. The molecule has 2 saturated heterocycles. The van der Waals surface area contributed by atoms with Crippen molar-refractivity contribution in [2.75, 3.05) is 38.3 Å². The maximum Gasteiger partial charge on any atom is 0.417 e. The van der Waals surface area contributed by atoms with Gasteiger partial charge in [-0.15, -0.1) is 0 Å². The van der Waals surface area contributed by atoms with Crippen LogP contribution in [0.25, 0.3) is 0 Å². The molecule has 35 heavy (non-hydrogen) atoms. The van der Waals surface area contributed by atoms with Crippen LogP contribution in [0.2, 0.25) is 0 Å². The van der Waals surface area contributed by atoms with Gasteiger partial charge in [-0.2, -0.15) is 18.4 Å². The van der Waals surface area contributed by atoms with Crippen molar-refractivity contribution in [1.82, 2.24) is 9.80 Å². The molecule has 2 heterocycles. The summed E-state index contributed by atoms with van der Waals surface area (Å²) >= 11 is 5.55. The topological polar surface area (TPSA) is 59.8 Å². The summed E-state index contributed by atoms with van der Waals surface area (Å²) in [5.41, 5.74) is -2.50. The molecule has 0 aromatic heterocycles. The molecule has 0 bridgehead atoms. The Morgan fingerprint density at radius 1 is 1.20 bits per heavy atom. The Balaban J connectivity index is 1.59. The van der Waals surface area contributed by atoms with Gasteiger partial charge in [-0.3, -0.25) is 14.6 Å². The van der Waals surface area contributed by atoms with Crippen LogP contribution in [0.5, 0.6) is 0 Å². The highest BCUT2D eigenvalue weighted by Crippen LogP contribution is 2.38. The van der Waals surface area contributed by atoms with E-state index >= 15 is 0 Å². The van der Waals surface area contributed by atoms with Gasteiger partial charge in [0.2, 0.25) is 0 Å². The molecule has 0 radical (unpaired) electrons. The molecule has 1 aromatic carbocycles. The molecular weight excluding hydrogens is 477 g/mol. The molecule has 2 aliphatic rings. The second-order valence-electron chi connectivity index (χ2n) is 9.67. The molecule has 0 saturated carbocycles. The zero-order valence-corrected chi connectivity index (χ0v) is 21.3. The monoisotopic (exact) mass is 510 g/mol. The van der Waals surface area contributed by atoms with Crippen molar-refractivity contribution in [3.8, 4) is 6.07 Å². The second kappa shape index (κ2) is 11.2. The van der Waals surface area contributed by atoms with Gasteiger partial charge in [-0.05, 0) is 83.0 Å². The van der Waals surface area contributed by atoms with Crippen molar-refractivity contribution in [2.24, 2.45) is 0 Å². The van der Waals surface area contributed by atoms with Crippen LogP contribution in [0.4, 0.5) is 18.9 Å². The average molecular weight is 511 g/mol. The van der Waals surface area contributed by atoms with Crippen molar-refractivity contribution in [1.29, 1.82) is 5.26 Å². The van der Waals surface area contributed by atoms with Gasteiger partial charge in [-0.1, -0.05) is 12.8 Å². The van der Waals surface area contributed by atoms with E-state index in [0.717, 1.165) is 62.4 Å². The van der Waals surface area contributed by atoms with Crippen LogP contribution in [0, 0.1) is 11.3 Å². The number of hydrogen-bond donors (Lipinski definition) is 0. The number of carbonyl (C=O) groups is 1. The number of nitriles is 1. The Bertz CT molecular complexity index is 976. The Morgan fingerprint density at radius 3 is 2.51 bits per heavy atom. The minimum Gasteiger partial charge on any atom is -0.383 e. The highest BCUT2D eigenvalue weighted by molar-refractivity contribution is 7.80.